The van der Waals surface area contributed by atoms with Crippen molar-refractivity contribution in [3.05, 3.63) is 0 Å². The molecule has 0 unspecified atom stereocenters. The predicted octanol–water partition coefficient (Wildman–Crippen LogP) is 2.29. The van der Waals surface area contributed by atoms with Crippen molar-refractivity contribution in [1.82, 2.24) is 0 Å². The Bertz CT molecular complexity index is 362. The fourth-order valence-electron chi connectivity index (χ4n) is 1.91. The van der Waals surface area contributed by atoms with Gasteiger partial charge in [-0.25, -0.2) is 4.18 Å². The number of hydrogen-bond acceptors (Lipinski definition) is 6. The Morgan fingerprint density at radius 3 is 1.95 bits per heavy atom. The normalized spacial score (nSPS) is 11.0. The molecule has 0 amide bonds. The largest absolute Gasteiger partial charge is 0.451 e. The van der Waals surface area contributed by atoms with Crippen LogP contribution in [0.2, 0.25) is 0 Å². The van der Waals surface area contributed by atoms with Gasteiger partial charge in [-0.3, -0.25) is 4.79 Å². The maximum atomic E-state index is 11.3. The van der Waals surface area contributed by atoms with Gasteiger partial charge in [0.05, 0.1) is 6.61 Å². The number of nitrogens with two attached hydrogens (primary N) is 1. The Hall–Kier alpha value is 0.340. The average Bonchev–Trinajstić information content (AvgIpc) is 2.43. The topological polar surface area (TPSA) is 95.7 Å². The molecule has 0 atom stereocenters. The van der Waals surface area contributed by atoms with Crippen molar-refractivity contribution in [2.24, 2.45) is 5.73 Å². The van der Waals surface area contributed by atoms with Crippen LogP contribution in [0.15, 0.2) is 0 Å². The van der Waals surface area contributed by atoms with Gasteiger partial charge in [-0.1, -0.05) is 58.3 Å². The summed E-state index contributed by atoms with van der Waals surface area (Å²) in [5, 5.41) is 0. The van der Waals surface area contributed by atoms with E-state index in [0.29, 0.717) is 6.42 Å². The second kappa shape index (κ2) is 16.2. The van der Waals surface area contributed by atoms with E-state index < -0.39 is 16.4 Å². The number of hydrogen-bond donors (Lipinski definition) is 1. The van der Waals surface area contributed by atoms with Gasteiger partial charge in [0.2, 0.25) is 0 Å². The maximum Gasteiger partial charge on any atom is 0.451 e. The Morgan fingerprint density at radius 1 is 0.955 bits per heavy atom. The van der Waals surface area contributed by atoms with Crippen LogP contribution in [-0.2, 0) is 23.6 Å². The average molecular weight is 346 g/mol. The number of unbranched alkanes of at least 4 members (excludes halogenated alkanes) is 8. The summed E-state index contributed by atoms with van der Waals surface area (Å²) in [7, 11) is -4.23. The third-order valence-electron chi connectivity index (χ3n) is 3.02. The quantitative estimate of drug-likeness (QED) is 0.383. The second-order valence-electron chi connectivity index (χ2n) is 5.05. The molecule has 0 fully saturated rings. The summed E-state index contributed by atoms with van der Waals surface area (Å²) in [4.78, 5) is 11.3. The number of carbonyl (C=O) groups excluding carboxylic acids is 1. The van der Waals surface area contributed by atoms with E-state index in [0.717, 1.165) is 19.3 Å². The second-order valence-corrected chi connectivity index (χ2v) is 6.27. The zero-order chi connectivity index (χ0) is 16.0. The monoisotopic (exact) mass is 346 g/mol. The van der Waals surface area contributed by atoms with Crippen molar-refractivity contribution in [2.75, 3.05) is 13.2 Å². The van der Waals surface area contributed by atoms with Crippen LogP contribution in [0.4, 0.5) is 0 Å². The Kier molecular flexibility index (Phi) is 18.1. The molecule has 22 heavy (non-hydrogen) atoms. The van der Waals surface area contributed by atoms with Gasteiger partial charge >= 0.3 is 16.4 Å². The van der Waals surface area contributed by atoms with E-state index in [2.05, 4.69) is 15.3 Å². The Labute approximate surface area is 157 Å². The molecule has 2 N–H and O–H groups in total. The zero-order valence-electron chi connectivity index (χ0n) is 14.0. The summed E-state index contributed by atoms with van der Waals surface area (Å²) in [6, 6.07) is 0. The van der Waals surface area contributed by atoms with Crippen LogP contribution in [0.25, 0.3) is 0 Å². The summed E-state index contributed by atoms with van der Waals surface area (Å²) >= 11 is 0. The van der Waals surface area contributed by atoms with Gasteiger partial charge in [-0.2, -0.15) is 8.42 Å². The molecule has 0 heterocycles. The number of carbonyl (C=O) groups is 1. The van der Waals surface area contributed by atoms with Gasteiger partial charge in [0, 0.05) is 42.5 Å². The fourth-order valence-corrected chi connectivity index (χ4v) is 2.57. The summed E-state index contributed by atoms with van der Waals surface area (Å²) < 4.78 is 30.9. The molecule has 0 aromatic carbocycles. The predicted molar refractivity (Wildman–Crippen MR) is 87.6 cm³/mol. The molecule has 0 aromatic heterocycles. The van der Waals surface area contributed by atoms with Crippen LogP contribution in [0.1, 0.15) is 71.1 Å². The van der Waals surface area contributed by atoms with E-state index in [-0.39, 0.29) is 49.1 Å². The first-order valence-electron chi connectivity index (χ1n) is 7.83. The first-order valence-corrected chi connectivity index (χ1v) is 9.17. The van der Waals surface area contributed by atoms with Gasteiger partial charge < -0.3 is 9.92 Å². The molecule has 127 valence electrons. The van der Waals surface area contributed by atoms with E-state index in [1.165, 1.54) is 32.1 Å². The van der Waals surface area contributed by atoms with Gasteiger partial charge in [0.1, 0.15) is 0 Å². The van der Waals surface area contributed by atoms with Crippen molar-refractivity contribution in [1.29, 1.82) is 0 Å². The van der Waals surface area contributed by atoms with Gasteiger partial charge in [0.15, 0.2) is 0 Å². The summed E-state index contributed by atoms with van der Waals surface area (Å²) in [5.41, 5.74) is 5.10. The molecule has 8 heteroatoms. The van der Waals surface area contributed by atoms with Crippen LogP contribution in [-0.4, -0.2) is 57.1 Å². The van der Waals surface area contributed by atoms with Crippen molar-refractivity contribution < 1.29 is 21.6 Å². The molecule has 0 aromatic rings. The van der Waals surface area contributed by atoms with Crippen LogP contribution in [0, 0.1) is 0 Å². The van der Waals surface area contributed by atoms with E-state index in [1.807, 2.05) is 0 Å². The third-order valence-corrected chi connectivity index (χ3v) is 3.87. The minimum atomic E-state index is -4.23. The molecule has 0 bridgehead atoms. The smallest absolute Gasteiger partial charge is 0.328 e. The molecule has 6 nitrogen and oxygen atoms in total. The molecule has 0 aliphatic rings. The molecule has 0 saturated carbocycles. The molecular weight excluding hydrogens is 317 g/mol. The van der Waals surface area contributed by atoms with Crippen molar-refractivity contribution in [3.8, 4) is 0 Å². The van der Waals surface area contributed by atoms with E-state index in [4.69, 9.17) is 5.73 Å². The molecule has 1 radical (unpaired) electrons. The molecule has 0 spiro atoms. The van der Waals surface area contributed by atoms with Crippen molar-refractivity contribution >= 4 is 45.9 Å². The third kappa shape index (κ3) is 16.7. The first kappa shape index (κ1) is 24.6. The standard InChI is InChI=1S/C14H29NO5S.Na/c1-2-3-4-5-6-7-8-9-10-11-14(16)20-21(17,18)19-13-12-15;/h2-13,15H2,1H3;. The van der Waals surface area contributed by atoms with Crippen LogP contribution >= 0.6 is 0 Å². The maximum absolute atomic E-state index is 11.3. The number of rotatable bonds is 14. The van der Waals surface area contributed by atoms with Gasteiger partial charge in [0.25, 0.3) is 0 Å². The minimum Gasteiger partial charge on any atom is -0.328 e. The zero-order valence-corrected chi connectivity index (χ0v) is 16.8. The van der Waals surface area contributed by atoms with Gasteiger partial charge in [-0.05, 0) is 6.42 Å². The van der Waals surface area contributed by atoms with E-state index >= 15 is 0 Å². The van der Waals surface area contributed by atoms with Crippen molar-refractivity contribution in [3.63, 3.8) is 0 Å². The van der Waals surface area contributed by atoms with Crippen LogP contribution in [0.3, 0.4) is 0 Å². The van der Waals surface area contributed by atoms with E-state index in [1.54, 1.807) is 0 Å². The molecule has 0 aliphatic carbocycles. The summed E-state index contributed by atoms with van der Waals surface area (Å²) in [5.74, 6) is -0.769. The van der Waals surface area contributed by atoms with Crippen molar-refractivity contribution in [2.45, 2.75) is 71.1 Å². The Balaban J connectivity index is 0. The summed E-state index contributed by atoms with van der Waals surface area (Å²) in [6.45, 7) is 2.06. The fraction of sp³-hybridized carbons (Fsp3) is 0.929. The molecule has 0 rings (SSSR count). The first-order chi connectivity index (χ1) is 10.0. The Morgan fingerprint density at radius 2 is 1.45 bits per heavy atom. The van der Waals surface area contributed by atoms with Crippen LogP contribution < -0.4 is 5.73 Å². The summed E-state index contributed by atoms with van der Waals surface area (Å²) in [6.07, 6.45) is 10.2. The molecular formula is C14H29NNaO5S. The van der Waals surface area contributed by atoms with Crippen LogP contribution in [0.5, 0.6) is 0 Å². The van der Waals surface area contributed by atoms with Gasteiger partial charge in [-0.15, -0.1) is 0 Å². The minimum absolute atomic E-state index is 0. The van der Waals surface area contributed by atoms with E-state index in [9.17, 15) is 13.2 Å². The molecule has 0 saturated heterocycles. The molecule has 0 aliphatic heterocycles. The SMILES string of the molecule is CCCCCCCCCCCC(=O)OS(=O)(=O)OCCN.[Na].